The van der Waals surface area contributed by atoms with Gasteiger partial charge in [-0.05, 0) is 0 Å². The molecule has 0 aromatic heterocycles. The summed E-state index contributed by atoms with van der Waals surface area (Å²) in [5, 5.41) is 1.58. The van der Waals surface area contributed by atoms with Crippen LogP contribution in [0.2, 0.25) is 21.6 Å². The normalized spacial score (nSPS) is 10.0. The van der Waals surface area contributed by atoms with E-state index in [2.05, 4.69) is 23.5 Å². The van der Waals surface area contributed by atoms with Gasteiger partial charge in [-0.3, -0.25) is 0 Å². The summed E-state index contributed by atoms with van der Waals surface area (Å²) in [5.41, 5.74) is 7.54. The molecule has 0 amide bonds. The molecule has 0 N–H and O–H groups in total. The van der Waals surface area contributed by atoms with E-state index in [1.807, 2.05) is 0 Å². The Morgan fingerprint density at radius 3 is 1.75 bits per heavy atom. The Balaban J connectivity index is 3.11. The molecule has 0 heterocycles. The minimum atomic E-state index is -1.39. The zero-order valence-corrected chi connectivity index (χ0v) is 9.80. The summed E-state index contributed by atoms with van der Waals surface area (Å²) in [6.07, 6.45) is 2.86. The van der Waals surface area contributed by atoms with Crippen molar-refractivity contribution >= 4 is 0 Å². The van der Waals surface area contributed by atoms with Crippen molar-refractivity contribution in [2.45, 2.75) is 41.3 Å². The summed E-state index contributed by atoms with van der Waals surface area (Å²) in [6, 6.07) is 0. The number of hydrogen-bond donors (Lipinski definition) is 0. The van der Waals surface area contributed by atoms with E-state index in [-0.39, 0.29) is 0 Å². The van der Waals surface area contributed by atoms with E-state index >= 15 is 0 Å². The number of hydrogen-bond acceptors (Lipinski definition) is 0. The van der Waals surface area contributed by atoms with Crippen molar-refractivity contribution in [1.29, 1.82) is 0 Å². The first-order valence-corrected chi connectivity index (χ1v) is 15.3. The first kappa shape index (κ1) is 8.62. The number of rotatable bonds is 3. The van der Waals surface area contributed by atoms with Crippen LogP contribution in [0.5, 0.6) is 0 Å². The third-order valence-electron chi connectivity index (χ3n) is 1.66. The molecule has 0 aromatic rings. The van der Waals surface area contributed by atoms with Gasteiger partial charge in [0.15, 0.2) is 0 Å². The summed E-state index contributed by atoms with van der Waals surface area (Å²) >= 11 is -1.39. The molecule has 0 radical (unpaired) electrons. The summed E-state index contributed by atoms with van der Waals surface area (Å²) in [6.45, 7) is 2.28. The maximum absolute atomic E-state index is 2.51. The molecular formula is C7H18Zn. The SMILES string of the molecule is CCC[CH2][Zn]([CH3])([CH3])[CH3]. The summed E-state index contributed by atoms with van der Waals surface area (Å²) in [7, 11) is 0. The van der Waals surface area contributed by atoms with Crippen molar-refractivity contribution in [2.75, 3.05) is 0 Å². The molecule has 0 fully saturated rings. The van der Waals surface area contributed by atoms with Crippen molar-refractivity contribution in [3.8, 4) is 0 Å². The van der Waals surface area contributed by atoms with Crippen LogP contribution in [-0.4, -0.2) is 0 Å². The van der Waals surface area contributed by atoms with Crippen LogP contribution in [0.1, 0.15) is 19.8 Å². The maximum atomic E-state index is 2.51. The van der Waals surface area contributed by atoms with Crippen LogP contribution < -0.4 is 0 Å². The van der Waals surface area contributed by atoms with Crippen molar-refractivity contribution < 1.29 is 14.8 Å². The van der Waals surface area contributed by atoms with Crippen LogP contribution in [-0.2, 0) is 14.8 Å². The van der Waals surface area contributed by atoms with Gasteiger partial charge in [0, 0.05) is 0 Å². The average molecular weight is 168 g/mol. The zero-order valence-electron chi connectivity index (χ0n) is 6.83. The molecule has 0 aliphatic rings. The predicted octanol–water partition coefficient (Wildman–Crippen LogP) is 3.50. The van der Waals surface area contributed by atoms with Gasteiger partial charge in [-0.25, -0.2) is 0 Å². The predicted molar refractivity (Wildman–Crippen MR) is 37.3 cm³/mol. The van der Waals surface area contributed by atoms with Crippen LogP contribution in [0.3, 0.4) is 0 Å². The van der Waals surface area contributed by atoms with Gasteiger partial charge in [-0.1, -0.05) is 0 Å². The molecule has 8 heavy (non-hydrogen) atoms. The van der Waals surface area contributed by atoms with Gasteiger partial charge in [0.25, 0.3) is 0 Å². The van der Waals surface area contributed by atoms with Gasteiger partial charge in [-0.2, -0.15) is 0 Å². The topological polar surface area (TPSA) is 0 Å². The molecule has 0 atom stereocenters. The standard InChI is InChI=1S/C4H9.3CH3.Zn/c1-3-4-2;;;;/h1,3-4H2,2H3;3*1H3;. The van der Waals surface area contributed by atoms with Gasteiger partial charge >= 0.3 is 56.1 Å². The first-order valence-electron chi connectivity index (χ1n) is 4.33. The van der Waals surface area contributed by atoms with E-state index < -0.39 is 14.8 Å². The minimum absolute atomic E-state index is 1.39. The van der Waals surface area contributed by atoms with Crippen LogP contribution in [0.25, 0.3) is 0 Å². The fraction of sp³-hybridized carbons (Fsp3) is 1.00. The Bertz CT molecular complexity index is 51.9. The molecule has 0 rings (SSSR count). The summed E-state index contributed by atoms with van der Waals surface area (Å²) in [5.74, 6) is 0. The van der Waals surface area contributed by atoms with Gasteiger partial charge in [-0.15, -0.1) is 0 Å². The Labute approximate surface area is 56.5 Å². The second-order valence-electron chi connectivity index (χ2n) is 4.83. The molecule has 0 unspecified atom stereocenters. The third-order valence-corrected chi connectivity index (χ3v) is 7.16. The van der Waals surface area contributed by atoms with Crippen LogP contribution in [0.15, 0.2) is 0 Å². The van der Waals surface area contributed by atoms with E-state index in [1.165, 1.54) is 12.8 Å². The van der Waals surface area contributed by atoms with Crippen molar-refractivity contribution in [3.05, 3.63) is 0 Å². The summed E-state index contributed by atoms with van der Waals surface area (Å²) in [4.78, 5) is 0. The van der Waals surface area contributed by atoms with E-state index in [4.69, 9.17) is 0 Å². The van der Waals surface area contributed by atoms with Crippen LogP contribution >= 0.6 is 0 Å². The fourth-order valence-corrected chi connectivity index (χ4v) is 5.20. The fourth-order valence-electron chi connectivity index (χ4n) is 1.000. The molecule has 0 bridgehead atoms. The Morgan fingerprint density at radius 1 is 1.12 bits per heavy atom. The second-order valence-corrected chi connectivity index (χ2v) is 21.5. The van der Waals surface area contributed by atoms with E-state index in [9.17, 15) is 0 Å². The molecule has 0 nitrogen and oxygen atoms in total. The van der Waals surface area contributed by atoms with Crippen molar-refractivity contribution in [2.24, 2.45) is 0 Å². The van der Waals surface area contributed by atoms with Crippen molar-refractivity contribution in [3.63, 3.8) is 0 Å². The third kappa shape index (κ3) is 6.62. The molecule has 1 heteroatoms. The average Bonchev–Trinajstić information content (AvgIpc) is 1.59. The molecule has 0 saturated carbocycles. The molecular weight excluding hydrogens is 149 g/mol. The van der Waals surface area contributed by atoms with Gasteiger partial charge in [0.1, 0.15) is 0 Å². The first-order chi connectivity index (χ1) is 3.56. The summed E-state index contributed by atoms with van der Waals surface area (Å²) < 4.78 is 0. The molecule has 0 aliphatic heterocycles. The van der Waals surface area contributed by atoms with Gasteiger partial charge < -0.3 is 0 Å². The van der Waals surface area contributed by atoms with Gasteiger partial charge in [0.2, 0.25) is 0 Å². The van der Waals surface area contributed by atoms with Crippen LogP contribution in [0.4, 0.5) is 0 Å². The molecule has 48 valence electrons. The van der Waals surface area contributed by atoms with E-state index in [1.54, 1.807) is 5.02 Å². The Morgan fingerprint density at radius 2 is 1.62 bits per heavy atom. The zero-order chi connectivity index (χ0) is 6.62. The quantitative estimate of drug-likeness (QED) is 0.565. The van der Waals surface area contributed by atoms with E-state index in [0.29, 0.717) is 0 Å². The molecule has 0 saturated heterocycles. The Hall–Kier alpha value is 0.623. The molecule has 0 aromatic carbocycles. The second kappa shape index (κ2) is 3.61. The molecule has 0 spiro atoms. The van der Waals surface area contributed by atoms with E-state index in [0.717, 1.165) is 0 Å². The van der Waals surface area contributed by atoms with Crippen molar-refractivity contribution in [1.82, 2.24) is 0 Å². The van der Waals surface area contributed by atoms with Gasteiger partial charge in [0.05, 0.1) is 0 Å². The Kier molecular flexibility index (Phi) is 3.89. The monoisotopic (exact) mass is 166 g/mol. The molecule has 0 aliphatic carbocycles. The van der Waals surface area contributed by atoms with Crippen LogP contribution in [0, 0.1) is 0 Å². The number of unbranched alkanes of at least 4 members (excludes halogenated alkanes) is 1.